The van der Waals surface area contributed by atoms with E-state index in [2.05, 4.69) is 12.2 Å². The summed E-state index contributed by atoms with van der Waals surface area (Å²) in [7, 11) is 0. The summed E-state index contributed by atoms with van der Waals surface area (Å²) in [4.78, 5) is 12.2. The summed E-state index contributed by atoms with van der Waals surface area (Å²) < 4.78 is 18.8. The fourth-order valence-electron chi connectivity index (χ4n) is 2.43. The number of nitrogens with zero attached hydrogens (tertiary/aromatic N) is 1. The summed E-state index contributed by atoms with van der Waals surface area (Å²) >= 11 is 5.67. The van der Waals surface area contributed by atoms with Crippen molar-refractivity contribution < 1.29 is 13.6 Å². The van der Waals surface area contributed by atoms with Crippen LogP contribution in [-0.2, 0) is 4.79 Å². The van der Waals surface area contributed by atoms with Crippen LogP contribution >= 0.6 is 11.6 Å². The van der Waals surface area contributed by atoms with Crippen LogP contribution in [-0.4, -0.2) is 5.91 Å². The summed E-state index contributed by atoms with van der Waals surface area (Å²) in [6.45, 7) is 2.14. The molecule has 2 atom stereocenters. The van der Waals surface area contributed by atoms with Gasteiger partial charge in [0.25, 0.3) is 5.91 Å². The van der Waals surface area contributed by atoms with Crippen molar-refractivity contribution in [3.8, 4) is 6.07 Å². The molecule has 6 heteroatoms. The van der Waals surface area contributed by atoms with Crippen molar-refractivity contribution in [3.63, 3.8) is 0 Å². The van der Waals surface area contributed by atoms with Crippen LogP contribution < -0.4 is 5.32 Å². The number of carbonyl (C=O) groups excluding carboxylic acids is 1. The van der Waals surface area contributed by atoms with Gasteiger partial charge in [0.15, 0.2) is 0 Å². The lowest BCUT2D eigenvalue weighted by molar-refractivity contribution is -0.112. The van der Waals surface area contributed by atoms with Gasteiger partial charge in [0.05, 0.1) is 5.02 Å². The van der Waals surface area contributed by atoms with Crippen LogP contribution in [0.25, 0.3) is 6.08 Å². The SMILES string of the molecule is C[C@H]1C[C@H]1c1ccc(/C=C(\C#N)C(=O)Nc2ccc(F)c(Cl)c2)o1. The van der Waals surface area contributed by atoms with Crippen molar-refractivity contribution in [2.75, 3.05) is 5.32 Å². The molecular weight excluding hydrogens is 331 g/mol. The van der Waals surface area contributed by atoms with Crippen LogP contribution in [0.3, 0.4) is 0 Å². The lowest BCUT2D eigenvalue weighted by Crippen LogP contribution is -2.13. The van der Waals surface area contributed by atoms with Crippen LogP contribution in [0.4, 0.5) is 10.1 Å². The third-order valence-electron chi connectivity index (χ3n) is 3.95. The standard InChI is InChI=1S/C18H14ClFN2O2/c1-10-6-14(10)17-5-3-13(24-17)7-11(9-21)18(23)22-12-2-4-16(20)15(19)8-12/h2-5,7-8,10,14H,6H2,1H3,(H,22,23)/b11-7+/t10-,14+/m0/s1. The zero-order valence-corrected chi connectivity index (χ0v) is 13.6. The van der Waals surface area contributed by atoms with Gasteiger partial charge >= 0.3 is 0 Å². The molecule has 0 spiro atoms. The Bertz CT molecular complexity index is 866. The third-order valence-corrected chi connectivity index (χ3v) is 4.24. The molecule has 2 aromatic rings. The number of halogens is 2. The predicted molar refractivity (Wildman–Crippen MR) is 88.9 cm³/mol. The molecule has 1 fully saturated rings. The second kappa shape index (κ2) is 6.50. The zero-order valence-electron chi connectivity index (χ0n) is 12.8. The van der Waals surface area contributed by atoms with Crippen LogP contribution in [0.5, 0.6) is 0 Å². The van der Waals surface area contributed by atoms with Gasteiger partial charge in [-0.05, 0) is 42.7 Å². The highest BCUT2D eigenvalue weighted by molar-refractivity contribution is 6.31. The lowest BCUT2D eigenvalue weighted by Gasteiger charge is -2.04. The molecule has 0 bridgehead atoms. The maximum Gasteiger partial charge on any atom is 0.266 e. The molecule has 3 rings (SSSR count). The van der Waals surface area contributed by atoms with Gasteiger partial charge in [-0.25, -0.2) is 4.39 Å². The number of rotatable bonds is 4. The molecule has 1 aliphatic carbocycles. The number of hydrogen-bond acceptors (Lipinski definition) is 3. The lowest BCUT2D eigenvalue weighted by atomic mass is 10.2. The van der Waals surface area contributed by atoms with E-state index in [1.807, 2.05) is 12.1 Å². The monoisotopic (exact) mass is 344 g/mol. The van der Waals surface area contributed by atoms with E-state index in [0.717, 1.165) is 18.2 Å². The molecule has 0 aliphatic heterocycles. The Morgan fingerprint density at radius 1 is 1.46 bits per heavy atom. The van der Waals surface area contributed by atoms with Crippen molar-refractivity contribution >= 4 is 29.3 Å². The maximum absolute atomic E-state index is 13.1. The highest BCUT2D eigenvalue weighted by atomic mass is 35.5. The molecule has 1 amide bonds. The first-order valence-electron chi connectivity index (χ1n) is 7.46. The second-order valence-corrected chi connectivity index (χ2v) is 6.22. The topological polar surface area (TPSA) is 66.0 Å². The Labute approximate surface area is 143 Å². The quantitative estimate of drug-likeness (QED) is 0.643. The number of hydrogen-bond donors (Lipinski definition) is 1. The van der Waals surface area contributed by atoms with E-state index in [1.165, 1.54) is 18.2 Å². The third kappa shape index (κ3) is 3.50. The molecule has 1 saturated carbocycles. The smallest absolute Gasteiger partial charge is 0.266 e. The minimum atomic E-state index is -0.613. The molecule has 0 radical (unpaired) electrons. The predicted octanol–water partition coefficient (Wildman–Crippen LogP) is 4.74. The van der Waals surface area contributed by atoms with Crippen molar-refractivity contribution in [3.05, 3.63) is 58.3 Å². The molecule has 1 aromatic carbocycles. The molecule has 0 unspecified atom stereocenters. The Morgan fingerprint density at radius 3 is 2.83 bits per heavy atom. The van der Waals surface area contributed by atoms with Gasteiger partial charge in [-0.15, -0.1) is 0 Å². The number of benzene rings is 1. The van der Waals surface area contributed by atoms with E-state index in [9.17, 15) is 14.4 Å². The van der Waals surface area contributed by atoms with Gasteiger partial charge < -0.3 is 9.73 Å². The minimum absolute atomic E-state index is 0.107. The number of nitrogens with one attached hydrogen (secondary N) is 1. The summed E-state index contributed by atoms with van der Waals surface area (Å²) in [6.07, 6.45) is 2.48. The molecule has 0 saturated heterocycles. The summed E-state index contributed by atoms with van der Waals surface area (Å²) in [5.74, 6) is 1.16. The summed E-state index contributed by atoms with van der Waals surface area (Å²) in [5.41, 5.74) is 0.194. The van der Waals surface area contributed by atoms with Crippen LogP contribution in [0.15, 0.2) is 40.3 Å². The molecule has 4 nitrogen and oxygen atoms in total. The summed E-state index contributed by atoms with van der Waals surface area (Å²) in [6, 6.07) is 9.24. The molecule has 24 heavy (non-hydrogen) atoms. The van der Waals surface area contributed by atoms with E-state index in [-0.39, 0.29) is 10.6 Å². The van der Waals surface area contributed by atoms with Crippen LogP contribution in [0.2, 0.25) is 5.02 Å². The first-order chi connectivity index (χ1) is 11.5. The van der Waals surface area contributed by atoms with Crippen molar-refractivity contribution in [1.29, 1.82) is 5.26 Å². The Morgan fingerprint density at radius 2 is 2.21 bits per heavy atom. The molecule has 122 valence electrons. The fourth-order valence-corrected chi connectivity index (χ4v) is 2.61. The Hall–Kier alpha value is -2.58. The molecule has 1 heterocycles. The van der Waals surface area contributed by atoms with E-state index < -0.39 is 11.7 Å². The second-order valence-electron chi connectivity index (χ2n) is 5.81. The van der Waals surface area contributed by atoms with Gasteiger partial charge in [-0.2, -0.15) is 5.26 Å². The first kappa shape index (κ1) is 16.3. The van der Waals surface area contributed by atoms with Crippen molar-refractivity contribution in [2.45, 2.75) is 19.3 Å². The Balaban J connectivity index is 1.75. The van der Waals surface area contributed by atoms with Gasteiger partial charge in [-0.3, -0.25) is 4.79 Å². The van der Waals surface area contributed by atoms with E-state index in [0.29, 0.717) is 23.3 Å². The largest absolute Gasteiger partial charge is 0.461 e. The highest BCUT2D eigenvalue weighted by Crippen LogP contribution is 2.47. The number of anilines is 1. The number of amides is 1. The highest BCUT2D eigenvalue weighted by Gasteiger charge is 2.36. The molecule has 1 aliphatic rings. The number of carbonyl (C=O) groups is 1. The Kier molecular flexibility index (Phi) is 4.41. The maximum atomic E-state index is 13.1. The average molecular weight is 345 g/mol. The van der Waals surface area contributed by atoms with Crippen LogP contribution in [0.1, 0.15) is 30.8 Å². The van der Waals surface area contributed by atoms with E-state index in [4.69, 9.17) is 16.0 Å². The van der Waals surface area contributed by atoms with Crippen LogP contribution in [0, 0.1) is 23.1 Å². The molecule has 1 N–H and O–H groups in total. The summed E-state index contributed by atoms with van der Waals surface area (Å²) in [5, 5.41) is 11.6. The molecular formula is C18H14ClFN2O2. The fraction of sp³-hybridized carbons (Fsp3) is 0.222. The van der Waals surface area contributed by atoms with Gasteiger partial charge in [0.2, 0.25) is 0 Å². The van der Waals surface area contributed by atoms with Gasteiger partial charge in [-0.1, -0.05) is 18.5 Å². The number of furan rings is 1. The number of nitriles is 1. The van der Waals surface area contributed by atoms with Gasteiger partial charge in [0, 0.05) is 17.7 Å². The van der Waals surface area contributed by atoms with E-state index in [1.54, 1.807) is 6.07 Å². The van der Waals surface area contributed by atoms with Crippen molar-refractivity contribution in [2.24, 2.45) is 5.92 Å². The normalized spacial score (nSPS) is 19.7. The minimum Gasteiger partial charge on any atom is -0.461 e. The average Bonchev–Trinajstić information content (AvgIpc) is 3.09. The van der Waals surface area contributed by atoms with Crippen molar-refractivity contribution in [1.82, 2.24) is 0 Å². The first-order valence-corrected chi connectivity index (χ1v) is 7.83. The van der Waals surface area contributed by atoms with E-state index >= 15 is 0 Å². The van der Waals surface area contributed by atoms with Gasteiger partial charge in [0.1, 0.15) is 29.0 Å². The molecule has 1 aromatic heterocycles. The zero-order chi connectivity index (χ0) is 17.3.